The van der Waals surface area contributed by atoms with Crippen LogP contribution in [0.5, 0.6) is 0 Å². The maximum Gasteiger partial charge on any atom is 0.0910 e. The van der Waals surface area contributed by atoms with Crippen LogP contribution in [0.25, 0.3) is 11.3 Å². The number of hydrogen-bond donors (Lipinski definition) is 1. The molecule has 3 nitrogen and oxygen atoms in total. The van der Waals surface area contributed by atoms with Crippen LogP contribution in [-0.4, -0.2) is 16.8 Å². The Balaban J connectivity index is 2.59. The first-order valence-electron chi connectivity index (χ1n) is 6.92. The molecule has 0 saturated carbocycles. The summed E-state index contributed by atoms with van der Waals surface area (Å²) in [5.41, 5.74) is 6.07. The molecule has 0 saturated heterocycles. The molecule has 20 heavy (non-hydrogen) atoms. The van der Waals surface area contributed by atoms with Crippen molar-refractivity contribution < 1.29 is 0 Å². The van der Waals surface area contributed by atoms with E-state index in [1.807, 2.05) is 18.8 Å². The third-order valence-electron chi connectivity index (χ3n) is 3.58. The second kappa shape index (κ2) is 6.10. The van der Waals surface area contributed by atoms with Crippen molar-refractivity contribution in [2.75, 3.05) is 7.05 Å². The van der Waals surface area contributed by atoms with Crippen LogP contribution in [0.3, 0.4) is 0 Å². The van der Waals surface area contributed by atoms with Crippen LogP contribution in [0.4, 0.5) is 0 Å². The summed E-state index contributed by atoms with van der Waals surface area (Å²) in [5.74, 6) is 0.526. The first kappa shape index (κ1) is 15.3. The van der Waals surface area contributed by atoms with Gasteiger partial charge in [0.05, 0.1) is 15.9 Å². The fraction of sp³-hybridized carbons (Fsp3) is 0.438. The normalized spacial score (nSPS) is 11.3. The molecule has 1 aromatic heterocycles. The molecule has 2 aromatic rings. The Hall–Kier alpha value is -1.13. The molecule has 108 valence electrons. The zero-order chi connectivity index (χ0) is 14.9. The van der Waals surface area contributed by atoms with Crippen molar-refractivity contribution in [2.24, 2.45) is 7.05 Å². The summed E-state index contributed by atoms with van der Waals surface area (Å²) >= 11 is 3.71. The van der Waals surface area contributed by atoms with Crippen LogP contribution in [0.1, 0.15) is 36.6 Å². The lowest BCUT2D eigenvalue weighted by Gasteiger charge is -2.12. The number of rotatable bonds is 4. The van der Waals surface area contributed by atoms with Gasteiger partial charge in [0, 0.05) is 19.2 Å². The first-order chi connectivity index (χ1) is 9.45. The van der Waals surface area contributed by atoms with Gasteiger partial charge in [-0.3, -0.25) is 4.68 Å². The predicted octanol–water partition coefficient (Wildman–Crippen LogP) is 4.00. The summed E-state index contributed by atoms with van der Waals surface area (Å²) in [6.45, 7) is 7.35. The largest absolute Gasteiger partial charge is 0.314 e. The predicted molar refractivity (Wildman–Crippen MR) is 87.9 cm³/mol. The van der Waals surface area contributed by atoms with Gasteiger partial charge >= 0.3 is 0 Å². The molecule has 2 rings (SSSR count). The molecule has 4 heteroatoms. The number of aromatic nitrogens is 2. The standard InChI is InChI=1S/C16H22BrN3/c1-10(2)12-7-6-11(3)13(8-12)16-15(17)14(9-18-4)19-20(16)5/h6-8,10,18H,9H2,1-5H3. The molecule has 0 fully saturated rings. The van der Waals surface area contributed by atoms with Crippen molar-refractivity contribution in [3.05, 3.63) is 39.5 Å². The zero-order valence-corrected chi connectivity index (χ0v) is 14.4. The topological polar surface area (TPSA) is 29.9 Å². The average Bonchev–Trinajstić information content (AvgIpc) is 2.66. The van der Waals surface area contributed by atoms with E-state index in [2.05, 4.69) is 65.3 Å². The van der Waals surface area contributed by atoms with Crippen molar-refractivity contribution in [1.82, 2.24) is 15.1 Å². The van der Waals surface area contributed by atoms with Gasteiger partial charge in [-0.05, 0) is 53.0 Å². The number of nitrogens with zero attached hydrogens (tertiary/aromatic N) is 2. The second-order valence-corrected chi connectivity index (χ2v) is 6.29. The fourth-order valence-corrected chi connectivity index (χ4v) is 3.07. The molecule has 0 atom stereocenters. The van der Waals surface area contributed by atoms with E-state index in [1.54, 1.807) is 0 Å². The molecule has 1 heterocycles. The van der Waals surface area contributed by atoms with Crippen molar-refractivity contribution >= 4 is 15.9 Å². The van der Waals surface area contributed by atoms with Crippen LogP contribution in [0, 0.1) is 6.92 Å². The summed E-state index contributed by atoms with van der Waals surface area (Å²) < 4.78 is 3.04. The van der Waals surface area contributed by atoms with E-state index < -0.39 is 0 Å². The van der Waals surface area contributed by atoms with Crippen LogP contribution in [-0.2, 0) is 13.6 Å². The SMILES string of the molecule is CNCc1nn(C)c(-c2cc(C(C)C)ccc2C)c1Br. The molecule has 0 spiro atoms. The molecular weight excluding hydrogens is 314 g/mol. The maximum atomic E-state index is 4.60. The molecule has 0 unspecified atom stereocenters. The van der Waals surface area contributed by atoms with Crippen LogP contribution in [0.2, 0.25) is 0 Å². The quantitative estimate of drug-likeness (QED) is 0.915. The molecule has 0 aliphatic carbocycles. The Labute approximate surface area is 129 Å². The Morgan fingerprint density at radius 2 is 2.05 bits per heavy atom. The van der Waals surface area contributed by atoms with Gasteiger partial charge in [-0.15, -0.1) is 0 Å². The minimum Gasteiger partial charge on any atom is -0.314 e. The Kier molecular flexibility index (Phi) is 4.66. The molecule has 0 amide bonds. The summed E-state index contributed by atoms with van der Waals surface area (Å²) in [5, 5.41) is 7.75. The van der Waals surface area contributed by atoms with E-state index in [0.29, 0.717) is 5.92 Å². The number of halogens is 1. The van der Waals surface area contributed by atoms with E-state index in [1.165, 1.54) is 16.7 Å². The molecule has 0 aliphatic rings. The number of hydrogen-bond acceptors (Lipinski definition) is 2. The molecule has 0 aliphatic heterocycles. The van der Waals surface area contributed by atoms with Crippen molar-refractivity contribution in [3.8, 4) is 11.3 Å². The van der Waals surface area contributed by atoms with Gasteiger partial charge in [0.15, 0.2) is 0 Å². The lowest BCUT2D eigenvalue weighted by Crippen LogP contribution is -2.06. The molecular formula is C16H22BrN3. The Morgan fingerprint density at radius 1 is 1.35 bits per heavy atom. The minimum atomic E-state index is 0.526. The van der Waals surface area contributed by atoms with E-state index in [9.17, 15) is 0 Å². The maximum absolute atomic E-state index is 4.60. The fourth-order valence-electron chi connectivity index (χ4n) is 2.38. The number of aryl methyl sites for hydroxylation is 2. The third kappa shape index (κ3) is 2.81. The average molecular weight is 336 g/mol. The van der Waals surface area contributed by atoms with Gasteiger partial charge in [0.25, 0.3) is 0 Å². The third-order valence-corrected chi connectivity index (χ3v) is 4.42. The van der Waals surface area contributed by atoms with E-state index >= 15 is 0 Å². The van der Waals surface area contributed by atoms with Crippen molar-refractivity contribution in [2.45, 2.75) is 33.2 Å². The minimum absolute atomic E-state index is 0.526. The molecule has 0 bridgehead atoms. The lowest BCUT2D eigenvalue weighted by molar-refractivity contribution is 0.715. The number of benzene rings is 1. The lowest BCUT2D eigenvalue weighted by atomic mass is 9.96. The zero-order valence-electron chi connectivity index (χ0n) is 12.8. The highest BCUT2D eigenvalue weighted by Crippen LogP contribution is 2.34. The van der Waals surface area contributed by atoms with Crippen molar-refractivity contribution in [1.29, 1.82) is 0 Å². The van der Waals surface area contributed by atoms with E-state index in [0.717, 1.165) is 22.4 Å². The summed E-state index contributed by atoms with van der Waals surface area (Å²) in [6, 6.07) is 6.69. The Bertz CT molecular complexity index is 614. The van der Waals surface area contributed by atoms with Crippen LogP contribution < -0.4 is 5.32 Å². The molecule has 1 aromatic carbocycles. The molecule has 0 radical (unpaired) electrons. The first-order valence-corrected chi connectivity index (χ1v) is 7.71. The summed E-state index contributed by atoms with van der Waals surface area (Å²) in [6.07, 6.45) is 0. The van der Waals surface area contributed by atoms with E-state index in [4.69, 9.17) is 0 Å². The van der Waals surface area contributed by atoms with Gasteiger partial charge in [-0.1, -0.05) is 26.0 Å². The van der Waals surface area contributed by atoms with Gasteiger partial charge < -0.3 is 5.32 Å². The monoisotopic (exact) mass is 335 g/mol. The highest BCUT2D eigenvalue weighted by Gasteiger charge is 2.17. The Morgan fingerprint density at radius 3 is 2.65 bits per heavy atom. The summed E-state index contributed by atoms with van der Waals surface area (Å²) in [7, 11) is 3.94. The second-order valence-electron chi connectivity index (χ2n) is 5.49. The smallest absolute Gasteiger partial charge is 0.0910 e. The van der Waals surface area contributed by atoms with Crippen molar-refractivity contribution in [3.63, 3.8) is 0 Å². The van der Waals surface area contributed by atoms with Gasteiger partial charge in [-0.25, -0.2) is 0 Å². The highest BCUT2D eigenvalue weighted by atomic mass is 79.9. The highest BCUT2D eigenvalue weighted by molar-refractivity contribution is 9.10. The van der Waals surface area contributed by atoms with Gasteiger partial charge in [0.2, 0.25) is 0 Å². The molecule has 1 N–H and O–H groups in total. The number of nitrogens with one attached hydrogen (secondary N) is 1. The van der Waals surface area contributed by atoms with Crippen LogP contribution in [0.15, 0.2) is 22.7 Å². The van der Waals surface area contributed by atoms with E-state index in [-0.39, 0.29) is 0 Å². The van der Waals surface area contributed by atoms with Gasteiger partial charge in [-0.2, -0.15) is 5.10 Å². The van der Waals surface area contributed by atoms with Crippen LogP contribution >= 0.6 is 15.9 Å². The summed E-state index contributed by atoms with van der Waals surface area (Å²) in [4.78, 5) is 0. The van der Waals surface area contributed by atoms with Gasteiger partial charge in [0.1, 0.15) is 0 Å².